The fraction of sp³-hybridized carbons (Fsp3) is 0.125. The van der Waals surface area contributed by atoms with Crippen molar-refractivity contribution in [3.05, 3.63) is 72.3 Å². The highest BCUT2D eigenvalue weighted by Gasteiger charge is 2.05. The van der Waals surface area contributed by atoms with Crippen LogP contribution in [0.15, 0.2) is 61.2 Å². The molecule has 0 radical (unpaired) electrons. The monoisotopic (exact) mass is 264 g/mol. The molecule has 0 aliphatic carbocycles. The number of anilines is 2. The lowest BCUT2D eigenvalue weighted by atomic mass is 10.1. The Kier molecular flexibility index (Phi) is 3.46. The second-order valence-corrected chi connectivity index (χ2v) is 4.67. The minimum absolute atomic E-state index is 0.781. The summed E-state index contributed by atoms with van der Waals surface area (Å²) in [6.45, 7) is 2.85. The van der Waals surface area contributed by atoms with Gasteiger partial charge < -0.3 is 9.88 Å². The molecular formula is C16H16N4. The predicted octanol–water partition coefficient (Wildman–Crippen LogP) is 3.38. The van der Waals surface area contributed by atoms with Crippen LogP contribution in [0, 0.1) is 6.92 Å². The largest absolute Gasteiger partial charge is 0.326 e. The number of imidazole rings is 1. The van der Waals surface area contributed by atoms with E-state index in [1.165, 1.54) is 11.1 Å². The minimum Gasteiger partial charge on any atom is -0.326 e. The normalized spacial score (nSPS) is 10.4. The van der Waals surface area contributed by atoms with Crippen LogP contribution in [0.25, 0.3) is 0 Å². The van der Waals surface area contributed by atoms with Crippen LogP contribution in [0.5, 0.6) is 0 Å². The zero-order valence-corrected chi connectivity index (χ0v) is 11.3. The van der Waals surface area contributed by atoms with Crippen LogP contribution >= 0.6 is 0 Å². The smallest absolute Gasteiger partial charge is 0.207 e. The molecule has 0 unspecified atom stereocenters. The quantitative estimate of drug-likeness (QED) is 0.785. The van der Waals surface area contributed by atoms with E-state index in [1.54, 1.807) is 0 Å². The van der Waals surface area contributed by atoms with E-state index < -0.39 is 0 Å². The van der Waals surface area contributed by atoms with Gasteiger partial charge in [0.15, 0.2) is 0 Å². The summed E-state index contributed by atoms with van der Waals surface area (Å²) in [5.41, 5.74) is 3.47. The van der Waals surface area contributed by atoms with E-state index in [-0.39, 0.29) is 0 Å². The SMILES string of the molecule is Cc1cnccc1Cn1ccnc1Nc1ccccc1. The first-order chi connectivity index (χ1) is 9.83. The van der Waals surface area contributed by atoms with Crippen molar-refractivity contribution in [1.82, 2.24) is 14.5 Å². The molecule has 0 saturated carbocycles. The van der Waals surface area contributed by atoms with Gasteiger partial charge in [0, 0.05) is 30.5 Å². The van der Waals surface area contributed by atoms with E-state index in [0.717, 1.165) is 18.2 Å². The Morgan fingerprint density at radius 2 is 1.95 bits per heavy atom. The number of nitrogens with zero attached hydrogens (tertiary/aromatic N) is 3. The van der Waals surface area contributed by atoms with Crippen LogP contribution in [0.1, 0.15) is 11.1 Å². The van der Waals surface area contributed by atoms with E-state index in [2.05, 4.69) is 26.8 Å². The molecule has 3 aromatic rings. The number of aromatic nitrogens is 3. The number of aryl methyl sites for hydroxylation is 1. The topological polar surface area (TPSA) is 42.7 Å². The maximum Gasteiger partial charge on any atom is 0.207 e. The number of pyridine rings is 1. The van der Waals surface area contributed by atoms with Crippen molar-refractivity contribution in [3.63, 3.8) is 0 Å². The number of hydrogen-bond donors (Lipinski definition) is 1. The van der Waals surface area contributed by atoms with E-state index in [1.807, 2.05) is 61.2 Å². The minimum atomic E-state index is 0.781. The van der Waals surface area contributed by atoms with Crippen molar-refractivity contribution >= 4 is 11.6 Å². The van der Waals surface area contributed by atoms with Gasteiger partial charge in [-0.2, -0.15) is 0 Å². The maximum absolute atomic E-state index is 4.37. The number of benzene rings is 1. The Morgan fingerprint density at radius 1 is 1.10 bits per heavy atom. The molecule has 0 fully saturated rings. The third-order valence-corrected chi connectivity index (χ3v) is 3.22. The number of rotatable bonds is 4. The van der Waals surface area contributed by atoms with Gasteiger partial charge in [0.05, 0.1) is 6.54 Å². The summed E-state index contributed by atoms with van der Waals surface area (Å²) in [5.74, 6) is 0.840. The van der Waals surface area contributed by atoms with Crippen molar-refractivity contribution in [1.29, 1.82) is 0 Å². The Hall–Kier alpha value is -2.62. The molecule has 4 nitrogen and oxygen atoms in total. The number of nitrogens with one attached hydrogen (secondary N) is 1. The molecule has 3 rings (SSSR count). The van der Waals surface area contributed by atoms with Gasteiger partial charge in [-0.3, -0.25) is 4.98 Å². The molecule has 1 N–H and O–H groups in total. The van der Waals surface area contributed by atoms with Crippen molar-refractivity contribution in [2.24, 2.45) is 0 Å². The van der Waals surface area contributed by atoms with Crippen molar-refractivity contribution in [2.45, 2.75) is 13.5 Å². The summed E-state index contributed by atoms with van der Waals surface area (Å²) in [5, 5.41) is 3.33. The number of para-hydroxylation sites is 1. The highest BCUT2D eigenvalue weighted by Crippen LogP contribution is 2.16. The summed E-state index contributed by atoms with van der Waals surface area (Å²) >= 11 is 0. The first-order valence-electron chi connectivity index (χ1n) is 6.55. The first-order valence-corrected chi connectivity index (χ1v) is 6.55. The molecular weight excluding hydrogens is 248 g/mol. The van der Waals surface area contributed by atoms with Gasteiger partial charge in [0.25, 0.3) is 0 Å². The molecule has 0 atom stereocenters. The third-order valence-electron chi connectivity index (χ3n) is 3.22. The van der Waals surface area contributed by atoms with Crippen molar-refractivity contribution in [2.75, 3.05) is 5.32 Å². The highest BCUT2D eigenvalue weighted by molar-refractivity contribution is 5.53. The lowest BCUT2D eigenvalue weighted by Crippen LogP contribution is -2.05. The van der Waals surface area contributed by atoms with Crippen LogP contribution in [-0.2, 0) is 6.54 Å². The Balaban J connectivity index is 1.82. The summed E-state index contributed by atoms with van der Waals surface area (Å²) in [4.78, 5) is 8.50. The second-order valence-electron chi connectivity index (χ2n) is 4.67. The van der Waals surface area contributed by atoms with E-state index in [9.17, 15) is 0 Å². The standard InChI is InChI=1S/C16H16N4/c1-13-11-17-8-7-14(13)12-20-10-9-18-16(20)19-15-5-3-2-4-6-15/h2-11H,12H2,1H3,(H,18,19). The van der Waals surface area contributed by atoms with Gasteiger partial charge in [0.1, 0.15) is 0 Å². The molecule has 1 aromatic carbocycles. The molecule has 4 heteroatoms. The Bertz CT molecular complexity index is 688. The molecule has 0 aliphatic rings. The van der Waals surface area contributed by atoms with Crippen LogP contribution < -0.4 is 5.32 Å². The zero-order chi connectivity index (χ0) is 13.8. The lowest BCUT2D eigenvalue weighted by Gasteiger charge is -2.11. The highest BCUT2D eigenvalue weighted by atomic mass is 15.2. The van der Waals surface area contributed by atoms with Crippen molar-refractivity contribution < 1.29 is 0 Å². The molecule has 0 bridgehead atoms. The molecule has 0 amide bonds. The summed E-state index contributed by atoms with van der Waals surface area (Å²) in [6.07, 6.45) is 7.49. The van der Waals surface area contributed by atoms with E-state index >= 15 is 0 Å². The average molecular weight is 264 g/mol. The molecule has 100 valence electrons. The summed E-state index contributed by atoms with van der Waals surface area (Å²) < 4.78 is 2.09. The van der Waals surface area contributed by atoms with E-state index in [4.69, 9.17) is 0 Å². The zero-order valence-electron chi connectivity index (χ0n) is 11.3. The lowest BCUT2D eigenvalue weighted by molar-refractivity contribution is 0.800. The van der Waals surface area contributed by atoms with Gasteiger partial charge in [-0.25, -0.2) is 4.98 Å². The van der Waals surface area contributed by atoms with Crippen LogP contribution in [0.2, 0.25) is 0 Å². The van der Waals surface area contributed by atoms with Gasteiger partial charge in [-0.15, -0.1) is 0 Å². The maximum atomic E-state index is 4.37. The molecule has 20 heavy (non-hydrogen) atoms. The van der Waals surface area contributed by atoms with Gasteiger partial charge in [0.2, 0.25) is 5.95 Å². The third kappa shape index (κ3) is 2.69. The Morgan fingerprint density at radius 3 is 2.75 bits per heavy atom. The Labute approximate surface area is 118 Å². The number of hydrogen-bond acceptors (Lipinski definition) is 3. The summed E-state index contributed by atoms with van der Waals surface area (Å²) in [7, 11) is 0. The molecule has 2 heterocycles. The second kappa shape index (κ2) is 5.57. The fourth-order valence-corrected chi connectivity index (χ4v) is 2.07. The van der Waals surface area contributed by atoms with Crippen molar-refractivity contribution in [3.8, 4) is 0 Å². The van der Waals surface area contributed by atoms with Crippen LogP contribution in [-0.4, -0.2) is 14.5 Å². The molecule has 2 aromatic heterocycles. The first kappa shape index (κ1) is 12.4. The van der Waals surface area contributed by atoms with Gasteiger partial charge in [-0.05, 0) is 36.2 Å². The van der Waals surface area contributed by atoms with Gasteiger partial charge >= 0.3 is 0 Å². The molecule has 0 saturated heterocycles. The van der Waals surface area contributed by atoms with Crippen LogP contribution in [0.4, 0.5) is 11.6 Å². The fourth-order valence-electron chi connectivity index (χ4n) is 2.07. The molecule has 0 spiro atoms. The van der Waals surface area contributed by atoms with E-state index in [0.29, 0.717) is 0 Å². The predicted molar refractivity (Wildman–Crippen MR) is 80.0 cm³/mol. The van der Waals surface area contributed by atoms with Gasteiger partial charge in [-0.1, -0.05) is 18.2 Å². The molecule has 0 aliphatic heterocycles. The summed E-state index contributed by atoms with van der Waals surface area (Å²) in [6, 6.07) is 12.1. The van der Waals surface area contributed by atoms with Crippen LogP contribution in [0.3, 0.4) is 0 Å². The average Bonchev–Trinajstić information content (AvgIpc) is 2.90.